The van der Waals surface area contributed by atoms with Crippen LogP contribution in [0.5, 0.6) is 0 Å². The smallest absolute Gasteiger partial charge is 0.255 e. The molecule has 0 saturated heterocycles. The highest BCUT2D eigenvalue weighted by Crippen LogP contribution is 2.61. The summed E-state index contributed by atoms with van der Waals surface area (Å²) in [5.74, 6) is 0.0206. The highest BCUT2D eigenvalue weighted by Gasteiger charge is 2.51. The first kappa shape index (κ1) is 24.1. The van der Waals surface area contributed by atoms with Crippen LogP contribution in [0.2, 0.25) is 0 Å². The van der Waals surface area contributed by atoms with E-state index in [4.69, 9.17) is 0 Å². The van der Waals surface area contributed by atoms with Crippen molar-refractivity contribution in [2.45, 2.75) is 51.4 Å². The summed E-state index contributed by atoms with van der Waals surface area (Å²) in [6.07, 6.45) is 5.60. The second-order valence-electron chi connectivity index (χ2n) is 11.2. The minimum atomic E-state index is -2.63. The molecule has 37 heavy (non-hydrogen) atoms. The molecule has 2 heterocycles. The summed E-state index contributed by atoms with van der Waals surface area (Å²) in [5.41, 5.74) is -0.811. The molecule has 2 aromatic heterocycles. The summed E-state index contributed by atoms with van der Waals surface area (Å²) in [6, 6.07) is 5.75. The maximum Gasteiger partial charge on any atom is 0.255 e. The third kappa shape index (κ3) is 4.42. The molecule has 4 bridgehead atoms. The summed E-state index contributed by atoms with van der Waals surface area (Å²) >= 11 is 0. The van der Waals surface area contributed by atoms with Crippen molar-refractivity contribution in [2.75, 3.05) is 11.9 Å². The number of Topliss-reactive ketones (excluding diaryl/α,β-unsaturated/α-hetero) is 1. The number of fused-ring (bicyclic) bond motifs is 1. The predicted molar refractivity (Wildman–Crippen MR) is 131 cm³/mol. The number of nitrogens with one attached hydrogen (secondary N) is 1. The van der Waals surface area contributed by atoms with Crippen LogP contribution in [0.25, 0.3) is 16.7 Å². The molecule has 3 aromatic rings. The van der Waals surface area contributed by atoms with E-state index < -0.39 is 30.0 Å². The van der Waals surface area contributed by atoms with Crippen molar-refractivity contribution >= 4 is 22.6 Å². The predicted octanol–water partition coefficient (Wildman–Crippen LogP) is 6.13. The van der Waals surface area contributed by atoms with Crippen LogP contribution in [0.1, 0.15) is 55.3 Å². The fourth-order valence-corrected chi connectivity index (χ4v) is 7.48. The molecular weight excluding hydrogens is 486 g/mol. The Morgan fingerprint density at radius 1 is 1.05 bits per heavy atom. The Morgan fingerprint density at radius 3 is 2.35 bits per heavy atom. The molecule has 4 aliphatic carbocycles. The van der Waals surface area contributed by atoms with Gasteiger partial charge in [-0.3, -0.25) is 14.2 Å². The number of ketones is 1. The van der Waals surface area contributed by atoms with Crippen molar-refractivity contribution in [1.29, 1.82) is 0 Å². The van der Waals surface area contributed by atoms with Gasteiger partial charge in [0.2, 0.25) is 5.43 Å². The third-order valence-corrected chi connectivity index (χ3v) is 8.46. The van der Waals surface area contributed by atoms with Crippen LogP contribution in [0.3, 0.4) is 0 Å². The molecule has 5 nitrogen and oxygen atoms in total. The lowest BCUT2D eigenvalue weighted by Crippen LogP contribution is -2.47. The van der Waals surface area contributed by atoms with E-state index in [1.165, 1.54) is 48.2 Å². The Kier molecular flexibility index (Phi) is 5.84. The van der Waals surface area contributed by atoms with Gasteiger partial charge >= 0.3 is 0 Å². The lowest BCUT2D eigenvalue weighted by Gasteiger charge is -2.56. The molecule has 0 spiro atoms. The fraction of sp³-hybridized carbons (Fsp3) is 0.464. The van der Waals surface area contributed by atoms with Crippen LogP contribution >= 0.6 is 0 Å². The molecule has 7 rings (SSSR count). The lowest BCUT2D eigenvalue weighted by molar-refractivity contribution is -0.0524. The van der Waals surface area contributed by atoms with Gasteiger partial charge in [-0.05, 0) is 86.0 Å². The molecule has 0 radical (unpaired) electrons. The number of alkyl halides is 2. The first-order valence-corrected chi connectivity index (χ1v) is 12.8. The van der Waals surface area contributed by atoms with Gasteiger partial charge in [-0.2, -0.15) is 0 Å². The van der Waals surface area contributed by atoms with Gasteiger partial charge in [-0.25, -0.2) is 22.5 Å². The summed E-state index contributed by atoms with van der Waals surface area (Å²) in [5, 5.41) is 2.54. The average Bonchev–Trinajstić information content (AvgIpc) is 2.82. The van der Waals surface area contributed by atoms with E-state index in [-0.39, 0.29) is 45.7 Å². The number of aromatic nitrogens is 2. The van der Waals surface area contributed by atoms with E-state index in [2.05, 4.69) is 10.3 Å². The summed E-state index contributed by atoms with van der Waals surface area (Å²) in [6.45, 7) is -0.657. The molecule has 194 valence electrons. The van der Waals surface area contributed by atoms with Gasteiger partial charge in [0, 0.05) is 18.7 Å². The Morgan fingerprint density at radius 2 is 1.73 bits per heavy atom. The van der Waals surface area contributed by atoms with Crippen molar-refractivity contribution in [1.82, 2.24) is 9.55 Å². The minimum Gasteiger partial charge on any atom is -0.364 e. The van der Waals surface area contributed by atoms with Crippen molar-refractivity contribution < 1.29 is 22.4 Å². The highest BCUT2D eigenvalue weighted by atomic mass is 19.3. The molecule has 0 aliphatic heterocycles. The number of halogens is 4. The number of hydrogen-bond acceptors (Lipinski definition) is 4. The van der Waals surface area contributed by atoms with Crippen LogP contribution in [0.15, 0.2) is 41.3 Å². The molecule has 0 atom stereocenters. The van der Waals surface area contributed by atoms with Gasteiger partial charge in [0.1, 0.15) is 17.5 Å². The number of rotatable bonds is 7. The molecule has 4 fully saturated rings. The zero-order valence-electron chi connectivity index (χ0n) is 20.2. The van der Waals surface area contributed by atoms with Crippen molar-refractivity contribution in [2.24, 2.45) is 23.2 Å². The second-order valence-corrected chi connectivity index (χ2v) is 11.2. The van der Waals surface area contributed by atoms with E-state index in [1.54, 1.807) is 0 Å². The van der Waals surface area contributed by atoms with E-state index in [1.807, 2.05) is 0 Å². The van der Waals surface area contributed by atoms with Crippen molar-refractivity contribution in [3.05, 3.63) is 63.9 Å². The Labute approximate surface area is 210 Å². The second kappa shape index (κ2) is 8.96. The molecule has 1 aromatic carbocycles. The third-order valence-electron chi connectivity index (χ3n) is 8.46. The minimum absolute atomic E-state index is 0.0128. The molecule has 1 N–H and O–H groups in total. The van der Waals surface area contributed by atoms with Crippen molar-refractivity contribution in [3.63, 3.8) is 0 Å². The quantitative estimate of drug-likeness (QED) is 0.305. The molecule has 0 amide bonds. The highest BCUT2D eigenvalue weighted by molar-refractivity contribution is 5.99. The topological polar surface area (TPSA) is 64.0 Å². The van der Waals surface area contributed by atoms with Gasteiger partial charge in [-0.1, -0.05) is 0 Å². The Bertz CT molecular complexity index is 1420. The van der Waals surface area contributed by atoms with E-state index in [0.29, 0.717) is 23.8 Å². The summed E-state index contributed by atoms with van der Waals surface area (Å²) < 4.78 is 55.2. The first-order valence-electron chi connectivity index (χ1n) is 12.8. The number of carbonyl (C=O) groups is 1. The summed E-state index contributed by atoms with van der Waals surface area (Å²) in [7, 11) is 0. The van der Waals surface area contributed by atoms with Gasteiger partial charge in [0.15, 0.2) is 11.4 Å². The number of anilines is 1. The Balaban J connectivity index is 1.44. The van der Waals surface area contributed by atoms with Gasteiger partial charge in [-0.15, -0.1) is 0 Å². The van der Waals surface area contributed by atoms with Gasteiger partial charge in [0.25, 0.3) is 6.43 Å². The molecular formula is C28H27F4N3O2. The number of nitrogens with zero attached hydrogens (tertiary/aromatic N) is 2. The van der Waals surface area contributed by atoms with E-state index >= 15 is 0 Å². The number of pyridine rings is 2. The maximum atomic E-state index is 14.9. The zero-order valence-corrected chi connectivity index (χ0v) is 20.2. The largest absolute Gasteiger partial charge is 0.364 e. The summed E-state index contributed by atoms with van der Waals surface area (Å²) in [4.78, 5) is 31.4. The van der Waals surface area contributed by atoms with Crippen LogP contribution in [-0.2, 0) is 0 Å². The number of benzene rings is 1. The number of hydrogen-bond donors (Lipinski definition) is 1. The van der Waals surface area contributed by atoms with Gasteiger partial charge in [0.05, 0.1) is 23.2 Å². The fourth-order valence-electron chi connectivity index (χ4n) is 7.48. The van der Waals surface area contributed by atoms with Crippen LogP contribution in [0.4, 0.5) is 23.4 Å². The zero-order chi connectivity index (χ0) is 25.9. The van der Waals surface area contributed by atoms with Crippen LogP contribution < -0.4 is 10.7 Å². The molecule has 4 saturated carbocycles. The lowest BCUT2D eigenvalue weighted by atomic mass is 9.48. The van der Waals surface area contributed by atoms with E-state index in [0.717, 1.165) is 25.3 Å². The van der Waals surface area contributed by atoms with E-state index in [9.17, 15) is 27.2 Å². The van der Waals surface area contributed by atoms with Crippen LogP contribution in [0, 0.1) is 34.8 Å². The van der Waals surface area contributed by atoms with Crippen molar-refractivity contribution in [3.8, 4) is 5.69 Å². The molecule has 9 heteroatoms. The van der Waals surface area contributed by atoms with Gasteiger partial charge < -0.3 is 5.32 Å². The normalized spacial score (nSPS) is 26.2. The maximum absolute atomic E-state index is 14.9. The van der Waals surface area contributed by atoms with Crippen LogP contribution in [-0.4, -0.2) is 28.3 Å². The SMILES string of the molecule is O=C(CC12CC3CC(CC(C3)C1)C2)c1cn(-c2ccc(F)cc2F)c2nc(NCC(F)F)ccc2c1=O. The average molecular weight is 514 g/mol. The molecule has 4 aliphatic rings. The Hall–Kier alpha value is -3.23. The monoisotopic (exact) mass is 513 g/mol. The number of carbonyl (C=O) groups excluding carboxylic acids is 1. The molecule has 0 unspecified atom stereocenters. The standard InChI is InChI=1S/C28H27F4N3O2/c29-18-1-3-22(21(30)8-18)35-14-20(26(37)19-2-4-25(34-27(19)35)33-13-24(31)32)23(36)12-28-9-15-5-16(10-28)7-17(6-15)11-28/h1-4,8,14-17,24H,5-7,9-13H2,(H,33,34). The first-order chi connectivity index (χ1) is 17.7.